The molecule has 0 aliphatic heterocycles. The van der Waals surface area contributed by atoms with Gasteiger partial charge in [-0.3, -0.25) is 0 Å². The zero-order valence-corrected chi connectivity index (χ0v) is 12.3. The van der Waals surface area contributed by atoms with Gasteiger partial charge in [-0.1, -0.05) is 23.7 Å². The molecule has 1 heterocycles. The molecule has 21 heavy (non-hydrogen) atoms. The van der Waals surface area contributed by atoms with E-state index in [9.17, 15) is 5.26 Å². The number of nitrogens with two attached hydrogens (primary N) is 1. The highest BCUT2D eigenvalue weighted by Gasteiger charge is 2.10. The van der Waals surface area contributed by atoms with Gasteiger partial charge >= 0.3 is 0 Å². The largest absolute Gasteiger partial charge is 0.368 e. The van der Waals surface area contributed by atoms with Crippen LogP contribution in [0.15, 0.2) is 24.3 Å². The van der Waals surface area contributed by atoms with E-state index in [1.54, 1.807) is 43.3 Å². The van der Waals surface area contributed by atoms with Crippen LogP contribution in [-0.4, -0.2) is 29.0 Å². The Kier molecular flexibility index (Phi) is 4.36. The van der Waals surface area contributed by atoms with Crippen molar-refractivity contribution in [3.63, 3.8) is 0 Å². The molecule has 0 fully saturated rings. The molecule has 0 atom stereocenters. The molecule has 2 rings (SSSR count). The average Bonchev–Trinajstić information content (AvgIpc) is 2.44. The van der Waals surface area contributed by atoms with Crippen LogP contribution in [0.3, 0.4) is 0 Å². The van der Waals surface area contributed by atoms with Crippen LogP contribution in [0, 0.1) is 11.3 Å². The van der Waals surface area contributed by atoms with Crippen LogP contribution < -0.4 is 10.6 Å². The Labute approximate surface area is 127 Å². The van der Waals surface area contributed by atoms with Gasteiger partial charge in [0.1, 0.15) is 6.07 Å². The van der Waals surface area contributed by atoms with Crippen molar-refractivity contribution >= 4 is 35.1 Å². The highest BCUT2D eigenvalue weighted by molar-refractivity contribution is 6.30. The van der Waals surface area contributed by atoms with Crippen LogP contribution >= 0.6 is 11.6 Å². The van der Waals surface area contributed by atoms with E-state index in [-0.39, 0.29) is 17.3 Å². The fourth-order valence-electron chi connectivity index (χ4n) is 1.61. The van der Waals surface area contributed by atoms with Gasteiger partial charge in [0.05, 0.1) is 5.57 Å². The maximum absolute atomic E-state index is 9.32. The van der Waals surface area contributed by atoms with Crippen molar-refractivity contribution in [2.24, 2.45) is 0 Å². The van der Waals surface area contributed by atoms with Crippen LogP contribution in [0.5, 0.6) is 0 Å². The van der Waals surface area contributed by atoms with Crippen molar-refractivity contribution in [1.29, 1.82) is 5.26 Å². The lowest BCUT2D eigenvalue weighted by Crippen LogP contribution is -2.15. The molecule has 0 spiro atoms. The molecule has 0 unspecified atom stereocenters. The Balaban J connectivity index is 2.49. The lowest BCUT2D eigenvalue weighted by Gasteiger charge is -2.10. The minimum Gasteiger partial charge on any atom is -0.368 e. The van der Waals surface area contributed by atoms with Crippen molar-refractivity contribution in [2.75, 3.05) is 24.7 Å². The van der Waals surface area contributed by atoms with Crippen LogP contribution in [0.25, 0.3) is 11.6 Å². The molecule has 0 saturated heterocycles. The fraction of sp³-hybridized carbons (Fsp3) is 0.143. The lowest BCUT2D eigenvalue weighted by molar-refractivity contribution is 0.952. The molecule has 6 nitrogen and oxygen atoms in total. The van der Waals surface area contributed by atoms with Gasteiger partial charge in [0.25, 0.3) is 0 Å². The van der Waals surface area contributed by atoms with Gasteiger partial charge in [0.2, 0.25) is 11.9 Å². The van der Waals surface area contributed by atoms with E-state index < -0.39 is 0 Å². The van der Waals surface area contributed by atoms with E-state index >= 15 is 0 Å². The zero-order chi connectivity index (χ0) is 15.4. The number of nitrogen functional groups attached to an aromatic ring is 1. The fourth-order valence-corrected chi connectivity index (χ4v) is 1.81. The molecule has 0 amide bonds. The quantitative estimate of drug-likeness (QED) is 0.874. The van der Waals surface area contributed by atoms with Crippen molar-refractivity contribution in [3.8, 4) is 6.07 Å². The molecule has 1 aromatic carbocycles. The standard InChI is InChI=1S/C14H13ClN6/c1-21(2)14-19-12(18-13(17)20-14)10(8-16)6-9-4-3-5-11(15)7-9/h3-7H,1-2H3,(H2,17,18,19,20). The predicted octanol–water partition coefficient (Wildman–Crippen LogP) is 2.24. The Morgan fingerprint density at radius 2 is 2.10 bits per heavy atom. The third kappa shape index (κ3) is 3.68. The summed E-state index contributed by atoms with van der Waals surface area (Å²) in [5.74, 6) is 0.689. The lowest BCUT2D eigenvalue weighted by atomic mass is 10.1. The smallest absolute Gasteiger partial charge is 0.230 e. The number of hydrogen-bond donors (Lipinski definition) is 1. The summed E-state index contributed by atoms with van der Waals surface area (Å²) in [6.45, 7) is 0. The van der Waals surface area contributed by atoms with Crippen LogP contribution in [0.1, 0.15) is 11.4 Å². The Morgan fingerprint density at radius 1 is 1.33 bits per heavy atom. The Morgan fingerprint density at radius 3 is 2.71 bits per heavy atom. The molecule has 0 aliphatic rings. The first kappa shape index (κ1) is 14.8. The van der Waals surface area contributed by atoms with Crippen LogP contribution in [0.2, 0.25) is 5.02 Å². The summed E-state index contributed by atoms with van der Waals surface area (Å²) in [6, 6.07) is 9.21. The topological polar surface area (TPSA) is 91.7 Å². The number of anilines is 2. The summed E-state index contributed by atoms with van der Waals surface area (Å²) in [7, 11) is 3.57. The maximum atomic E-state index is 9.32. The molecule has 2 aromatic rings. The first-order valence-electron chi connectivity index (χ1n) is 6.06. The number of halogens is 1. The number of nitrogens with zero attached hydrogens (tertiary/aromatic N) is 5. The second-order valence-corrected chi connectivity index (χ2v) is 4.87. The molecule has 2 N–H and O–H groups in total. The molecule has 1 aromatic heterocycles. The summed E-state index contributed by atoms with van der Waals surface area (Å²) >= 11 is 5.93. The minimum absolute atomic E-state index is 0.0657. The van der Waals surface area contributed by atoms with Crippen LogP contribution in [-0.2, 0) is 0 Å². The van der Waals surface area contributed by atoms with Crippen LogP contribution in [0.4, 0.5) is 11.9 Å². The van der Waals surface area contributed by atoms with Gasteiger partial charge in [-0.05, 0) is 23.8 Å². The first-order chi connectivity index (χ1) is 9.99. The molecule has 0 saturated carbocycles. The number of hydrogen-bond acceptors (Lipinski definition) is 6. The van der Waals surface area contributed by atoms with E-state index in [0.717, 1.165) is 5.56 Å². The summed E-state index contributed by atoms with van der Waals surface area (Å²) in [6.07, 6.45) is 1.65. The summed E-state index contributed by atoms with van der Waals surface area (Å²) in [5.41, 5.74) is 6.73. The second kappa shape index (κ2) is 6.20. The monoisotopic (exact) mass is 300 g/mol. The average molecular weight is 301 g/mol. The van der Waals surface area contributed by atoms with Gasteiger partial charge in [-0.25, -0.2) is 0 Å². The van der Waals surface area contributed by atoms with E-state index in [1.165, 1.54) is 0 Å². The van der Waals surface area contributed by atoms with E-state index in [2.05, 4.69) is 21.0 Å². The number of benzene rings is 1. The normalized spacial score (nSPS) is 11.0. The van der Waals surface area contributed by atoms with Crippen molar-refractivity contribution in [2.45, 2.75) is 0 Å². The van der Waals surface area contributed by atoms with Gasteiger partial charge in [-0.15, -0.1) is 0 Å². The summed E-state index contributed by atoms with van der Waals surface area (Å²) in [5, 5.41) is 9.91. The van der Waals surface area contributed by atoms with E-state index in [1.807, 2.05) is 6.07 Å². The second-order valence-electron chi connectivity index (χ2n) is 4.44. The zero-order valence-electron chi connectivity index (χ0n) is 11.6. The van der Waals surface area contributed by atoms with Gasteiger partial charge in [-0.2, -0.15) is 20.2 Å². The number of rotatable bonds is 3. The molecular weight excluding hydrogens is 288 g/mol. The third-order valence-electron chi connectivity index (χ3n) is 2.56. The van der Waals surface area contributed by atoms with E-state index in [0.29, 0.717) is 11.0 Å². The van der Waals surface area contributed by atoms with Gasteiger partial charge < -0.3 is 10.6 Å². The number of nitriles is 1. The predicted molar refractivity (Wildman–Crippen MR) is 83.5 cm³/mol. The van der Waals surface area contributed by atoms with Gasteiger partial charge in [0, 0.05) is 19.1 Å². The summed E-state index contributed by atoms with van der Waals surface area (Å²) in [4.78, 5) is 13.9. The molecule has 7 heteroatoms. The Hall–Kier alpha value is -2.65. The molecular formula is C14H13ClN6. The van der Waals surface area contributed by atoms with Crippen molar-refractivity contribution in [3.05, 3.63) is 40.7 Å². The SMILES string of the molecule is CN(C)c1nc(N)nc(C(C#N)=Cc2cccc(Cl)c2)n1. The number of allylic oxidation sites excluding steroid dienone is 1. The molecule has 0 aliphatic carbocycles. The molecule has 0 bridgehead atoms. The Bertz CT molecular complexity index is 732. The first-order valence-corrected chi connectivity index (χ1v) is 6.44. The van der Waals surface area contributed by atoms with E-state index in [4.69, 9.17) is 17.3 Å². The highest BCUT2D eigenvalue weighted by atomic mass is 35.5. The molecule has 106 valence electrons. The molecule has 0 radical (unpaired) electrons. The maximum Gasteiger partial charge on any atom is 0.230 e. The minimum atomic E-state index is 0.0657. The third-order valence-corrected chi connectivity index (χ3v) is 2.80. The van der Waals surface area contributed by atoms with Crippen molar-refractivity contribution in [1.82, 2.24) is 15.0 Å². The summed E-state index contributed by atoms with van der Waals surface area (Å²) < 4.78 is 0. The highest BCUT2D eigenvalue weighted by Crippen LogP contribution is 2.19. The van der Waals surface area contributed by atoms with Crippen molar-refractivity contribution < 1.29 is 0 Å². The number of aromatic nitrogens is 3. The van der Waals surface area contributed by atoms with Gasteiger partial charge in [0.15, 0.2) is 5.82 Å².